The molecule has 1 aliphatic rings. The highest BCUT2D eigenvalue weighted by molar-refractivity contribution is 5.87. The highest BCUT2D eigenvalue weighted by Gasteiger charge is 2.28. The van der Waals surface area contributed by atoms with E-state index in [1.165, 1.54) is 0 Å². The Morgan fingerprint density at radius 3 is 2.33 bits per heavy atom. The molecule has 1 heterocycles. The standard InChI is InChI=1S/C17H31N3O4/c1-12(2)10-13(11-18-16(22)24-17(3,4)5)15(21)20-8-6-14(19-23)7-9-20/h12-13,23H,6-11H2,1-5H3,(H,18,22)/t13-/m0/s1. The first-order valence-corrected chi connectivity index (χ1v) is 8.57. The SMILES string of the molecule is CC(C)C[C@@H](CNC(=O)OC(C)(C)C)C(=O)N1CCC(=NO)CC1. The van der Waals surface area contributed by atoms with Crippen molar-refractivity contribution >= 4 is 17.7 Å². The van der Waals surface area contributed by atoms with Crippen LogP contribution in [-0.4, -0.2) is 53.1 Å². The molecule has 0 aromatic carbocycles. The summed E-state index contributed by atoms with van der Waals surface area (Å²) in [7, 11) is 0. The maximum absolute atomic E-state index is 12.8. The van der Waals surface area contributed by atoms with E-state index < -0.39 is 11.7 Å². The number of alkyl carbamates (subject to hydrolysis) is 1. The van der Waals surface area contributed by atoms with Gasteiger partial charge in [0.1, 0.15) is 5.60 Å². The number of nitrogens with one attached hydrogen (secondary N) is 1. The number of likely N-dealkylation sites (tertiary alicyclic amines) is 1. The second kappa shape index (κ2) is 8.89. The van der Waals surface area contributed by atoms with Gasteiger partial charge in [0.15, 0.2) is 0 Å². The van der Waals surface area contributed by atoms with Crippen molar-refractivity contribution in [3.8, 4) is 0 Å². The minimum atomic E-state index is -0.561. The fourth-order valence-corrected chi connectivity index (χ4v) is 2.70. The summed E-state index contributed by atoms with van der Waals surface area (Å²) in [6.45, 7) is 10.9. The van der Waals surface area contributed by atoms with E-state index in [1.54, 1.807) is 25.7 Å². The van der Waals surface area contributed by atoms with E-state index >= 15 is 0 Å². The number of hydrogen-bond acceptors (Lipinski definition) is 5. The third-order valence-corrected chi connectivity index (χ3v) is 3.79. The first-order valence-electron chi connectivity index (χ1n) is 8.57. The molecule has 0 unspecified atom stereocenters. The predicted molar refractivity (Wildman–Crippen MR) is 92.2 cm³/mol. The smallest absolute Gasteiger partial charge is 0.407 e. The fraction of sp³-hybridized carbons (Fsp3) is 0.824. The van der Waals surface area contributed by atoms with Crippen LogP contribution >= 0.6 is 0 Å². The molecule has 1 aliphatic heterocycles. The Balaban J connectivity index is 2.61. The summed E-state index contributed by atoms with van der Waals surface area (Å²) >= 11 is 0. The van der Waals surface area contributed by atoms with Crippen molar-refractivity contribution in [1.82, 2.24) is 10.2 Å². The van der Waals surface area contributed by atoms with E-state index in [1.807, 2.05) is 0 Å². The maximum Gasteiger partial charge on any atom is 0.407 e. The van der Waals surface area contributed by atoms with Crippen LogP contribution in [-0.2, 0) is 9.53 Å². The molecule has 0 aromatic heterocycles. The van der Waals surface area contributed by atoms with Crippen molar-refractivity contribution in [2.75, 3.05) is 19.6 Å². The summed E-state index contributed by atoms with van der Waals surface area (Å²) in [6.07, 6.45) is 1.38. The van der Waals surface area contributed by atoms with Crippen LogP contribution in [0.25, 0.3) is 0 Å². The quantitative estimate of drug-likeness (QED) is 0.594. The molecule has 1 saturated heterocycles. The molecule has 0 radical (unpaired) electrons. The molecular formula is C17H31N3O4. The molecule has 0 saturated carbocycles. The van der Waals surface area contributed by atoms with Crippen molar-refractivity contribution in [2.45, 2.75) is 59.5 Å². The summed E-state index contributed by atoms with van der Waals surface area (Å²) in [4.78, 5) is 26.4. The van der Waals surface area contributed by atoms with Crippen LogP contribution < -0.4 is 5.32 Å². The molecular weight excluding hydrogens is 310 g/mol. The van der Waals surface area contributed by atoms with Gasteiger partial charge >= 0.3 is 6.09 Å². The van der Waals surface area contributed by atoms with Crippen molar-refractivity contribution in [2.24, 2.45) is 17.0 Å². The van der Waals surface area contributed by atoms with Gasteiger partial charge in [-0.2, -0.15) is 0 Å². The van der Waals surface area contributed by atoms with E-state index in [-0.39, 0.29) is 18.4 Å². The third-order valence-electron chi connectivity index (χ3n) is 3.79. The topological polar surface area (TPSA) is 91.2 Å². The molecule has 1 atom stereocenters. The van der Waals surface area contributed by atoms with Crippen LogP contribution in [0.1, 0.15) is 53.9 Å². The zero-order valence-electron chi connectivity index (χ0n) is 15.5. The monoisotopic (exact) mass is 341 g/mol. The highest BCUT2D eigenvalue weighted by atomic mass is 16.6. The second-order valence-electron chi connectivity index (χ2n) is 7.70. The fourth-order valence-electron chi connectivity index (χ4n) is 2.70. The van der Waals surface area contributed by atoms with E-state index in [0.29, 0.717) is 38.3 Å². The number of ether oxygens (including phenoxy) is 1. The Labute approximate surface area is 144 Å². The number of oxime groups is 1. The number of amides is 2. The molecule has 1 fully saturated rings. The number of hydrogen-bond donors (Lipinski definition) is 2. The Bertz CT molecular complexity index is 459. The molecule has 2 N–H and O–H groups in total. The molecule has 0 bridgehead atoms. The zero-order chi connectivity index (χ0) is 18.3. The van der Waals surface area contributed by atoms with Gasteiger partial charge in [0.25, 0.3) is 0 Å². The van der Waals surface area contributed by atoms with Gasteiger partial charge < -0.3 is 20.2 Å². The van der Waals surface area contributed by atoms with Crippen molar-refractivity contribution < 1.29 is 19.5 Å². The Kier molecular flexibility index (Phi) is 7.51. The van der Waals surface area contributed by atoms with Gasteiger partial charge in [0, 0.05) is 32.5 Å². The average Bonchev–Trinajstić information content (AvgIpc) is 2.48. The van der Waals surface area contributed by atoms with Crippen LogP contribution in [0, 0.1) is 11.8 Å². The molecule has 0 aliphatic carbocycles. The number of carbonyl (C=O) groups excluding carboxylic acids is 2. The van der Waals surface area contributed by atoms with Gasteiger partial charge in [-0.25, -0.2) is 4.79 Å². The Hall–Kier alpha value is -1.79. The van der Waals surface area contributed by atoms with Crippen LogP contribution in [0.15, 0.2) is 5.16 Å². The van der Waals surface area contributed by atoms with Crippen LogP contribution in [0.2, 0.25) is 0 Å². The molecule has 0 aromatic rings. The zero-order valence-corrected chi connectivity index (χ0v) is 15.5. The van der Waals surface area contributed by atoms with Crippen molar-refractivity contribution in [3.05, 3.63) is 0 Å². The van der Waals surface area contributed by atoms with E-state index in [9.17, 15) is 9.59 Å². The predicted octanol–water partition coefficient (Wildman–Crippen LogP) is 2.63. The largest absolute Gasteiger partial charge is 0.444 e. The second-order valence-corrected chi connectivity index (χ2v) is 7.70. The molecule has 24 heavy (non-hydrogen) atoms. The molecule has 1 rings (SSSR count). The van der Waals surface area contributed by atoms with Gasteiger partial charge in [-0.3, -0.25) is 4.79 Å². The van der Waals surface area contributed by atoms with Gasteiger partial charge in [0.05, 0.1) is 11.6 Å². The van der Waals surface area contributed by atoms with E-state index in [0.717, 1.165) is 5.71 Å². The minimum absolute atomic E-state index is 0.0387. The Morgan fingerprint density at radius 2 is 1.88 bits per heavy atom. The van der Waals surface area contributed by atoms with E-state index in [4.69, 9.17) is 9.94 Å². The van der Waals surface area contributed by atoms with Gasteiger partial charge in [-0.05, 0) is 33.1 Å². The normalized spacial score (nSPS) is 16.8. The first kappa shape index (κ1) is 20.3. The number of nitrogens with zero attached hydrogens (tertiary/aromatic N) is 2. The van der Waals surface area contributed by atoms with Gasteiger partial charge in [0.2, 0.25) is 5.91 Å². The van der Waals surface area contributed by atoms with Crippen molar-refractivity contribution in [1.29, 1.82) is 0 Å². The molecule has 7 heteroatoms. The summed E-state index contributed by atoms with van der Waals surface area (Å²) in [6, 6.07) is 0. The van der Waals surface area contributed by atoms with Gasteiger partial charge in [-0.1, -0.05) is 19.0 Å². The summed E-state index contributed by atoms with van der Waals surface area (Å²) in [5.74, 6) is 0.112. The lowest BCUT2D eigenvalue weighted by atomic mass is 9.94. The summed E-state index contributed by atoms with van der Waals surface area (Å²) < 4.78 is 5.23. The van der Waals surface area contributed by atoms with Crippen molar-refractivity contribution in [3.63, 3.8) is 0 Å². The highest BCUT2D eigenvalue weighted by Crippen LogP contribution is 2.18. The molecule has 2 amide bonds. The van der Waals surface area contributed by atoms with E-state index in [2.05, 4.69) is 24.3 Å². The first-order chi connectivity index (χ1) is 11.1. The maximum atomic E-state index is 12.8. The summed E-state index contributed by atoms with van der Waals surface area (Å²) in [5, 5.41) is 14.8. The van der Waals surface area contributed by atoms with Gasteiger partial charge in [-0.15, -0.1) is 0 Å². The molecule has 7 nitrogen and oxygen atoms in total. The van der Waals surface area contributed by atoms with Crippen LogP contribution in [0.3, 0.4) is 0 Å². The number of carbonyl (C=O) groups is 2. The third kappa shape index (κ3) is 7.19. The van der Waals surface area contributed by atoms with Crippen LogP contribution in [0.4, 0.5) is 4.79 Å². The number of rotatable bonds is 5. The molecule has 0 spiro atoms. The lowest BCUT2D eigenvalue weighted by molar-refractivity contribution is -0.136. The lowest BCUT2D eigenvalue weighted by Gasteiger charge is -2.31. The minimum Gasteiger partial charge on any atom is -0.444 e. The number of piperidine rings is 1. The molecule has 138 valence electrons. The lowest BCUT2D eigenvalue weighted by Crippen LogP contribution is -2.46. The average molecular weight is 341 g/mol. The van der Waals surface area contributed by atoms with Crippen LogP contribution in [0.5, 0.6) is 0 Å². The summed E-state index contributed by atoms with van der Waals surface area (Å²) in [5.41, 5.74) is 0.167. The Morgan fingerprint density at radius 1 is 1.29 bits per heavy atom.